The number of hydrogen-bond acceptors (Lipinski definition) is 4. The highest BCUT2D eigenvalue weighted by molar-refractivity contribution is 5.68. The average Bonchev–Trinajstić information content (AvgIpc) is 2.78. The van der Waals surface area contributed by atoms with E-state index < -0.39 is 0 Å². The van der Waals surface area contributed by atoms with Gasteiger partial charge in [0.2, 0.25) is 0 Å². The molecule has 0 radical (unpaired) electrons. The van der Waals surface area contributed by atoms with E-state index in [4.69, 9.17) is 0 Å². The van der Waals surface area contributed by atoms with Crippen LogP contribution in [0.5, 0.6) is 0 Å². The van der Waals surface area contributed by atoms with Crippen LogP contribution in [0, 0.1) is 6.92 Å². The maximum Gasteiger partial charge on any atom is 0.327 e. The predicted octanol–water partition coefficient (Wildman–Crippen LogP) is 1.43. The molecule has 0 aliphatic carbocycles. The van der Waals surface area contributed by atoms with Crippen molar-refractivity contribution in [2.24, 2.45) is 0 Å². The van der Waals surface area contributed by atoms with Gasteiger partial charge in [-0.2, -0.15) is 5.10 Å². The molecule has 0 spiro atoms. The summed E-state index contributed by atoms with van der Waals surface area (Å²) in [5.41, 5.74) is 2.11. The predicted molar refractivity (Wildman–Crippen MR) is 62.2 cm³/mol. The summed E-state index contributed by atoms with van der Waals surface area (Å²) in [6.07, 6.45) is 1.52. The van der Waals surface area contributed by atoms with Crippen LogP contribution in [-0.4, -0.2) is 27.8 Å². The summed E-state index contributed by atoms with van der Waals surface area (Å²) >= 11 is 0. The molecule has 2 rings (SSSR count). The molecule has 1 aromatic heterocycles. The lowest BCUT2D eigenvalue weighted by Crippen LogP contribution is -2.11. The van der Waals surface area contributed by atoms with Crippen molar-refractivity contribution in [1.82, 2.24) is 14.8 Å². The number of aromatic nitrogens is 3. The van der Waals surface area contributed by atoms with E-state index in [1.807, 2.05) is 31.2 Å². The van der Waals surface area contributed by atoms with E-state index >= 15 is 0 Å². The van der Waals surface area contributed by atoms with Crippen molar-refractivity contribution in [1.29, 1.82) is 0 Å². The van der Waals surface area contributed by atoms with E-state index in [2.05, 4.69) is 14.8 Å². The Bertz CT molecular complexity index is 517. The van der Waals surface area contributed by atoms with Gasteiger partial charge in [-0.1, -0.05) is 29.8 Å². The van der Waals surface area contributed by atoms with E-state index in [9.17, 15) is 4.79 Å². The molecule has 1 aromatic carbocycles. The van der Waals surface area contributed by atoms with Gasteiger partial charge in [0.25, 0.3) is 0 Å². The molecule has 0 bridgehead atoms. The molecule has 0 amide bonds. The van der Waals surface area contributed by atoms with Crippen molar-refractivity contribution in [2.45, 2.75) is 13.5 Å². The highest BCUT2D eigenvalue weighted by Gasteiger charge is 2.07. The molecule has 0 N–H and O–H groups in total. The molecule has 1 heterocycles. The zero-order valence-electron chi connectivity index (χ0n) is 9.75. The Balaban J connectivity index is 2.18. The summed E-state index contributed by atoms with van der Waals surface area (Å²) in [5.74, 6) is 0.263. The second-order valence-electron chi connectivity index (χ2n) is 3.71. The van der Waals surface area contributed by atoms with Crippen LogP contribution < -0.4 is 0 Å². The SMILES string of the molecule is COC(=O)Cn1cnc(-c2ccc(C)cc2)n1. The molecule has 17 heavy (non-hydrogen) atoms. The molecular formula is C12H13N3O2. The average molecular weight is 231 g/mol. The standard InChI is InChI=1S/C12H13N3O2/c1-9-3-5-10(6-4-9)12-13-8-15(14-12)7-11(16)17-2/h3-6,8H,7H2,1-2H3. The third-order valence-electron chi connectivity index (χ3n) is 2.37. The largest absolute Gasteiger partial charge is 0.468 e. The van der Waals surface area contributed by atoms with E-state index in [1.165, 1.54) is 23.7 Å². The van der Waals surface area contributed by atoms with E-state index in [0.717, 1.165) is 5.56 Å². The fourth-order valence-corrected chi connectivity index (χ4v) is 1.40. The van der Waals surface area contributed by atoms with Crippen LogP contribution in [-0.2, 0) is 16.1 Å². The minimum Gasteiger partial charge on any atom is -0.468 e. The van der Waals surface area contributed by atoms with Crippen LogP contribution in [0.2, 0.25) is 0 Å². The van der Waals surface area contributed by atoms with Crippen LogP contribution in [0.25, 0.3) is 11.4 Å². The molecule has 2 aromatic rings. The fourth-order valence-electron chi connectivity index (χ4n) is 1.40. The Kier molecular flexibility index (Phi) is 3.18. The Hall–Kier alpha value is -2.17. The molecule has 0 aliphatic rings. The Labute approximate surface area is 99.1 Å². The first kappa shape index (κ1) is 11.3. The maximum absolute atomic E-state index is 11.1. The van der Waals surface area contributed by atoms with E-state index in [0.29, 0.717) is 5.82 Å². The second-order valence-corrected chi connectivity index (χ2v) is 3.71. The van der Waals surface area contributed by atoms with Crippen LogP contribution in [0.15, 0.2) is 30.6 Å². The van der Waals surface area contributed by atoms with Crippen molar-refractivity contribution >= 4 is 5.97 Å². The minimum absolute atomic E-state index is 0.0787. The Morgan fingerprint density at radius 3 is 2.71 bits per heavy atom. The first-order valence-electron chi connectivity index (χ1n) is 5.22. The number of esters is 1. The molecule has 0 saturated heterocycles. The number of ether oxygens (including phenoxy) is 1. The zero-order valence-corrected chi connectivity index (χ0v) is 9.75. The van der Waals surface area contributed by atoms with Gasteiger partial charge in [-0.05, 0) is 6.92 Å². The molecule has 0 unspecified atom stereocenters. The number of benzene rings is 1. The highest BCUT2D eigenvalue weighted by Crippen LogP contribution is 2.14. The monoisotopic (exact) mass is 231 g/mol. The van der Waals surface area contributed by atoms with Crippen molar-refractivity contribution < 1.29 is 9.53 Å². The number of hydrogen-bond donors (Lipinski definition) is 0. The van der Waals surface area contributed by atoms with Crippen molar-refractivity contribution in [3.63, 3.8) is 0 Å². The van der Waals surface area contributed by atoms with Gasteiger partial charge in [0.15, 0.2) is 5.82 Å². The summed E-state index contributed by atoms with van der Waals surface area (Å²) in [6, 6.07) is 7.90. The second kappa shape index (κ2) is 4.78. The van der Waals surface area contributed by atoms with Gasteiger partial charge in [0.1, 0.15) is 12.9 Å². The smallest absolute Gasteiger partial charge is 0.327 e. The topological polar surface area (TPSA) is 57.0 Å². The molecule has 0 fully saturated rings. The zero-order chi connectivity index (χ0) is 12.3. The van der Waals surface area contributed by atoms with E-state index in [1.54, 1.807) is 0 Å². The van der Waals surface area contributed by atoms with Gasteiger partial charge in [0, 0.05) is 5.56 Å². The third kappa shape index (κ3) is 2.69. The molecule has 0 aliphatic heterocycles. The minimum atomic E-state index is -0.342. The van der Waals surface area contributed by atoms with Gasteiger partial charge in [0.05, 0.1) is 7.11 Å². The number of nitrogens with zero attached hydrogens (tertiary/aromatic N) is 3. The van der Waals surface area contributed by atoms with Crippen LogP contribution in [0.4, 0.5) is 0 Å². The molecule has 88 valence electrons. The quantitative estimate of drug-likeness (QED) is 0.750. The molecule has 5 heteroatoms. The van der Waals surface area contributed by atoms with Gasteiger partial charge < -0.3 is 4.74 Å². The number of carbonyl (C=O) groups is 1. The number of aryl methyl sites for hydroxylation is 1. The number of carbonyl (C=O) groups excluding carboxylic acids is 1. The third-order valence-corrected chi connectivity index (χ3v) is 2.37. The highest BCUT2D eigenvalue weighted by atomic mass is 16.5. The molecule has 5 nitrogen and oxygen atoms in total. The number of rotatable bonds is 3. The lowest BCUT2D eigenvalue weighted by molar-refractivity contribution is -0.141. The summed E-state index contributed by atoms with van der Waals surface area (Å²) in [6.45, 7) is 2.10. The van der Waals surface area contributed by atoms with Crippen LogP contribution in [0.1, 0.15) is 5.56 Å². The fraction of sp³-hybridized carbons (Fsp3) is 0.250. The summed E-state index contributed by atoms with van der Waals surface area (Å²) in [5, 5.41) is 4.20. The first-order chi connectivity index (χ1) is 8.19. The van der Waals surface area contributed by atoms with Gasteiger partial charge >= 0.3 is 5.97 Å². The molecular weight excluding hydrogens is 218 g/mol. The molecule has 0 saturated carbocycles. The Morgan fingerprint density at radius 1 is 1.35 bits per heavy atom. The van der Waals surface area contributed by atoms with Crippen LogP contribution in [0.3, 0.4) is 0 Å². The summed E-state index contributed by atoms with van der Waals surface area (Å²) in [4.78, 5) is 15.2. The maximum atomic E-state index is 11.1. The summed E-state index contributed by atoms with van der Waals surface area (Å²) < 4.78 is 6.02. The van der Waals surface area contributed by atoms with Gasteiger partial charge in [-0.15, -0.1) is 0 Å². The van der Waals surface area contributed by atoms with E-state index in [-0.39, 0.29) is 12.5 Å². The van der Waals surface area contributed by atoms with Gasteiger partial charge in [-0.25, -0.2) is 9.67 Å². The summed E-state index contributed by atoms with van der Waals surface area (Å²) in [7, 11) is 1.35. The molecule has 0 atom stereocenters. The number of methoxy groups -OCH3 is 1. The van der Waals surface area contributed by atoms with Crippen molar-refractivity contribution in [2.75, 3.05) is 7.11 Å². The Morgan fingerprint density at radius 2 is 2.06 bits per heavy atom. The lowest BCUT2D eigenvalue weighted by Gasteiger charge is -1.98. The van der Waals surface area contributed by atoms with Crippen molar-refractivity contribution in [3.8, 4) is 11.4 Å². The normalized spacial score (nSPS) is 10.2. The van der Waals surface area contributed by atoms with Crippen molar-refractivity contribution in [3.05, 3.63) is 36.2 Å². The lowest BCUT2D eigenvalue weighted by atomic mass is 10.1. The first-order valence-corrected chi connectivity index (χ1v) is 5.22. The van der Waals surface area contributed by atoms with Gasteiger partial charge in [-0.3, -0.25) is 4.79 Å². The van der Waals surface area contributed by atoms with Crippen LogP contribution >= 0.6 is 0 Å².